The molecule has 1 unspecified atom stereocenters. The first-order valence-corrected chi connectivity index (χ1v) is 8.07. The van der Waals surface area contributed by atoms with Crippen molar-refractivity contribution in [3.05, 3.63) is 35.6 Å². The maximum Gasteiger partial charge on any atom is 0.229 e. The highest BCUT2D eigenvalue weighted by atomic mass is 19.1. The van der Waals surface area contributed by atoms with Crippen LogP contribution in [0.3, 0.4) is 0 Å². The van der Waals surface area contributed by atoms with Gasteiger partial charge in [-0.15, -0.1) is 0 Å². The van der Waals surface area contributed by atoms with Crippen LogP contribution in [0.2, 0.25) is 0 Å². The molecule has 0 saturated carbocycles. The molecule has 0 radical (unpaired) electrons. The number of halogens is 1. The van der Waals surface area contributed by atoms with E-state index in [1.807, 2.05) is 0 Å². The number of hydrogen-bond acceptors (Lipinski definition) is 4. The van der Waals surface area contributed by atoms with Crippen LogP contribution in [0.15, 0.2) is 24.3 Å². The summed E-state index contributed by atoms with van der Waals surface area (Å²) in [6, 6.07) is 6.12. The first kappa shape index (κ1) is 17.8. The third-order valence-corrected chi connectivity index (χ3v) is 4.19. The van der Waals surface area contributed by atoms with E-state index in [0.717, 1.165) is 19.6 Å². The fourth-order valence-electron chi connectivity index (χ4n) is 2.73. The van der Waals surface area contributed by atoms with Crippen LogP contribution in [-0.2, 0) is 9.53 Å². The highest BCUT2D eigenvalue weighted by Gasteiger charge is 2.23. The van der Waals surface area contributed by atoms with Crippen molar-refractivity contribution in [2.45, 2.75) is 12.8 Å². The number of hydrogen-bond donors (Lipinski definition) is 1. The quantitative estimate of drug-likeness (QED) is 0.815. The van der Waals surface area contributed by atoms with Gasteiger partial charge in [0.05, 0.1) is 25.7 Å². The fourth-order valence-corrected chi connectivity index (χ4v) is 2.73. The van der Waals surface area contributed by atoms with E-state index in [2.05, 4.69) is 4.90 Å². The zero-order chi connectivity index (χ0) is 16.7. The van der Waals surface area contributed by atoms with Crippen molar-refractivity contribution in [1.82, 2.24) is 9.80 Å². The molecule has 1 N–H and O–H groups in total. The van der Waals surface area contributed by atoms with Crippen LogP contribution < -0.4 is 0 Å². The number of amides is 1. The van der Waals surface area contributed by atoms with E-state index < -0.39 is 5.92 Å². The lowest BCUT2D eigenvalue weighted by molar-refractivity contribution is -0.133. The van der Waals surface area contributed by atoms with Gasteiger partial charge < -0.3 is 14.7 Å². The molecule has 1 heterocycles. The Hall–Kier alpha value is -1.50. The number of ether oxygens (including phenoxy) is 1. The molecule has 2 rings (SSSR count). The molecular weight excluding hydrogens is 299 g/mol. The summed E-state index contributed by atoms with van der Waals surface area (Å²) < 4.78 is 18.7. The Balaban J connectivity index is 1.96. The molecule has 1 aromatic rings. The smallest absolute Gasteiger partial charge is 0.229 e. The number of aliphatic hydroxyl groups is 1. The van der Waals surface area contributed by atoms with Crippen molar-refractivity contribution in [1.29, 1.82) is 0 Å². The van der Waals surface area contributed by atoms with Crippen molar-refractivity contribution in [2.75, 3.05) is 52.5 Å². The third kappa shape index (κ3) is 5.27. The number of nitrogens with zero attached hydrogens (tertiary/aromatic N) is 2. The third-order valence-electron chi connectivity index (χ3n) is 4.19. The second-order valence-corrected chi connectivity index (χ2v) is 5.78. The second-order valence-electron chi connectivity index (χ2n) is 5.78. The van der Waals surface area contributed by atoms with Crippen LogP contribution in [0.5, 0.6) is 0 Å². The van der Waals surface area contributed by atoms with Crippen molar-refractivity contribution < 1.29 is 19.0 Å². The molecular formula is C17H25FN2O3. The van der Waals surface area contributed by atoms with Crippen LogP contribution in [0.25, 0.3) is 0 Å². The van der Waals surface area contributed by atoms with Gasteiger partial charge in [0.25, 0.3) is 0 Å². The van der Waals surface area contributed by atoms with Gasteiger partial charge in [0.2, 0.25) is 5.91 Å². The molecule has 23 heavy (non-hydrogen) atoms. The van der Waals surface area contributed by atoms with E-state index in [4.69, 9.17) is 4.74 Å². The summed E-state index contributed by atoms with van der Waals surface area (Å²) in [6.45, 7) is 6.45. The van der Waals surface area contributed by atoms with Gasteiger partial charge in [-0.05, 0) is 24.6 Å². The minimum atomic E-state index is -0.429. The SMILES string of the molecule is CC(C(=O)N(CCO)CCN1CCOCC1)c1cccc(F)c1. The number of benzene rings is 1. The second kappa shape index (κ2) is 8.96. The Bertz CT molecular complexity index is 506. The number of carbonyl (C=O) groups is 1. The van der Waals surface area contributed by atoms with Gasteiger partial charge in [-0.2, -0.15) is 0 Å². The molecule has 0 aromatic heterocycles. The Kier molecular flexibility index (Phi) is 6.95. The number of rotatable bonds is 7. The molecule has 1 fully saturated rings. The molecule has 1 aliphatic rings. The first-order valence-electron chi connectivity index (χ1n) is 8.07. The summed E-state index contributed by atoms with van der Waals surface area (Å²) in [5.74, 6) is -0.857. The van der Waals surface area contributed by atoms with Crippen molar-refractivity contribution >= 4 is 5.91 Å². The Morgan fingerprint density at radius 2 is 2.13 bits per heavy atom. The molecule has 5 nitrogen and oxygen atoms in total. The Morgan fingerprint density at radius 3 is 2.78 bits per heavy atom. The van der Waals surface area contributed by atoms with Crippen molar-refractivity contribution in [3.8, 4) is 0 Å². The summed E-state index contributed by atoms with van der Waals surface area (Å²) >= 11 is 0. The summed E-state index contributed by atoms with van der Waals surface area (Å²) in [7, 11) is 0. The van der Waals surface area contributed by atoms with Gasteiger partial charge in [-0.3, -0.25) is 9.69 Å². The molecule has 0 spiro atoms. The lowest BCUT2D eigenvalue weighted by atomic mass is 9.99. The molecule has 1 aromatic carbocycles. The predicted molar refractivity (Wildman–Crippen MR) is 85.7 cm³/mol. The predicted octanol–water partition coefficient (Wildman–Crippen LogP) is 1.08. The highest BCUT2D eigenvalue weighted by molar-refractivity contribution is 5.83. The molecule has 1 atom stereocenters. The van der Waals surface area contributed by atoms with Crippen LogP contribution in [0.1, 0.15) is 18.4 Å². The van der Waals surface area contributed by atoms with E-state index >= 15 is 0 Å². The number of morpholine rings is 1. The normalized spacial score (nSPS) is 17.0. The minimum Gasteiger partial charge on any atom is -0.395 e. The highest BCUT2D eigenvalue weighted by Crippen LogP contribution is 2.19. The topological polar surface area (TPSA) is 53.0 Å². The Morgan fingerprint density at radius 1 is 1.39 bits per heavy atom. The molecule has 0 aliphatic carbocycles. The molecule has 128 valence electrons. The van der Waals surface area contributed by atoms with E-state index in [1.165, 1.54) is 12.1 Å². The summed E-state index contributed by atoms with van der Waals surface area (Å²) in [4.78, 5) is 16.6. The molecule has 1 aliphatic heterocycles. The maximum atomic E-state index is 13.3. The molecule has 1 amide bonds. The average Bonchev–Trinajstić information content (AvgIpc) is 2.58. The largest absolute Gasteiger partial charge is 0.395 e. The van der Waals surface area contributed by atoms with Gasteiger partial charge in [0.1, 0.15) is 5.82 Å². The molecule has 1 saturated heterocycles. The number of aliphatic hydroxyl groups excluding tert-OH is 1. The van der Waals surface area contributed by atoms with Crippen LogP contribution in [-0.4, -0.2) is 73.4 Å². The first-order chi connectivity index (χ1) is 11.1. The summed E-state index contributed by atoms with van der Waals surface area (Å²) in [6.07, 6.45) is 0. The zero-order valence-electron chi connectivity index (χ0n) is 13.6. The molecule has 0 bridgehead atoms. The van der Waals surface area contributed by atoms with Crippen LogP contribution >= 0.6 is 0 Å². The van der Waals surface area contributed by atoms with Crippen LogP contribution in [0.4, 0.5) is 4.39 Å². The standard InChI is InChI=1S/C17H25FN2O3/c1-14(15-3-2-4-16(18)13-15)17(22)20(7-10-21)6-5-19-8-11-23-12-9-19/h2-4,13-14,21H,5-12H2,1H3. The molecule has 6 heteroatoms. The average molecular weight is 324 g/mol. The number of carbonyl (C=O) groups excluding carboxylic acids is 1. The lowest BCUT2D eigenvalue weighted by Gasteiger charge is -2.31. The van der Waals surface area contributed by atoms with Gasteiger partial charge in [-0.1, -0.05) is 12.1 Å². The van der Waals surface area contributed by atoms with Gasteiger partial charge in [0.15, 0.2) is 0 Å². The van der Waals surface area contributed by atoms with E-state index in [0.29, 0.717) is 31.9 Å². The maximum absolute atomic E-state index is 13.3. The Labute approximate surface area is 136 Å². The van der Waals surface area contributed by atoms with Gasteiger partial charge in [-0.25, -0.2) is 4.39 Å². The lowest BCUT2D eigenvalue weighted by Crippen LogP contribution is -2.44. The van der Waals surface area contributed by atoms with Gasteiger partial charge >= 0.3 is 0 Å². The fraction of sp³-hybridized carbons (Fsp3) is 0.588. The van der Waals surface area contributed by atoms with Crippen molar-refractivity contribution in [3.63, 3.8) is 0 Å². The van der Waals surface area contributed by atoms with Gasteiger partial charge in [0, 0.05) is 32.7 Å². The van der Waals surface area contributed by atoms with E-state index in [9.17, 15) is 14.3 Å². The monoisotopic (exact) mass is 324 g/mol. The van der Waals surface area contributed by atoms with E-state index in [-0.39, 0.29) is 18.3 Å². The summed E-state index contributed by atoms with van der Waals surface area (Å²) in [5.41, 5.74) is 0.657. The summed E-state index contributed by atoms with van der Waals surface area (Å²) in [5, 5.41) is 9.23. The van der Waals surface area contributed by atoms with E-state index in [1.54, 1.807) is 24.0 Å². The van der Waals surface area contributed by atoms with Crippen LogP contribution in [0, 0.1) is 5.82 Å². The van der Waals surface area contributed by atoms with Crippen molar-refractivity contribution in [2.24, 2.45) is 0 Å². The zero-order valence-corrected chi connectivity index (χ0v) is 13.6. The minimum absolute atomic E-state index is 0.0786.